The third kappa shape index (κ3) is 3.43. The maximum absolute atomic E-state index is 12.8. The molecule has 0 saturated carbocycles. The molecule has 1 aliphatic heterocycles. The van der Waals surface area contributed by atoms with Crippen molar-refractivity contribution in [3.63, 3.8) is 0 Å². The Hall–Kier alpha value is -3.31. The molecule has 1 aliphatic rings. The number of aliphatic hydroxyl groups is 3. The van der Waals surface area contributed by atoms with Gasteiger partial charge in [-0.15, -0.1) is 0 Å². The van der Waals surface area contributed by atoms with E-state index < -0.39 is 47.4 Å². The molecule has 170 valence electrons. The first kappa shape index (κ1) is 21.9. The minimum absolute atomic E-state index is 0.0194. The van der Waals surface area contributed by atoms with Crippen LogP contribution in [0.1, 0.15) is 18.6 Å². The fourth-order valence-corrected chi connectivity index (χ4v) is 3.86. The summed E-state index contributed by atoms with van der Waals surface area (Å²) in [6, 6.07) is 6.27. The van der Waals surface area contributed by atoms with Gasteiger partial charge in [0, 0.05) is 17.7 Å². The summed E-state index contributed by atoms with van der Waals surface area (Å²) in [5, 5.41) is 61.1. The van der Waals surface area contributed by atoms with E-state index in [9.17, 15) is 35.4 Å². The van der Waals surface area contributed by atoms with Gasteiger partial charge < -0.3 is 44.5 Å². The van der Waals surface area contributed by atoms with E-state index in [2.05, 4.69) is 0 Å². The zero-order valence-corrected chi connectivity index (χ0v) is 17.1. The number of phenolic OH excluding ortho intramolecular Hbond substituents is 3. The lowest BCUT2D eigenvalue weighted by Crippen LogP contribution is -2.53. The van der Waals surface area contributed by atoms with Gasteiger partial charge in [0.25, 0.3) is 0 Å². The molecule has 32 heavy (non-hydrogen) atoms. The summed E-state index contributed by atoms with van der Waals surface area (Å²) in [6.07, 6.45) is -6.93. The van der Waals surface area contributed by atoms with Gasteiger partial charge in [-0.25, -0.2) is 0 Å². The van der Waals surface area contributed by atoms with E-state index >= 15 is 0 Å². The Morgan fingerprint density at radius 1 is 0.906 bits per heavy atom. The number of ether oxygens (including phenoxy) is 2. The van der Waals surface area contributed by atoms with Crippen LogP contribution < -0.4 is 10.2 Å². The number of hydrogen-bond donors (Lipinski definition) is 6. The first-order valence-electron chi connectivity index (χ1n) is 9.73. The predicted molar refractivity (Wildman–Crippen MR) is 111 cm³/mol. The molecule has 4 rings (SSSR count). The van der Waals surface area contributed by atoms with Gasteiger partial charge >= 0.3 is 0 Å². The molecule has 1 aromatic heterocycles. The van der Waals surface area contributed by atoms with Crippen LogP contribution in [0.3, 0.4) is 0 Å². The van der Waals surface area contributed by atoms with E-state index in [-0.39, 0.29) is 33.8 Å². The van der Waals surface area contributed by atoms with Gasteiger partial charge in [-0.1, -0.05) is 0 Å². The molecule has 1 fully saturated rings. The summed E-state index contributed by atoms with van der Waals surface area (Å²) in [5.41, 5.74) is -0.739. The Kier molecular flexibility index (Phi) is 5.47. The smallest absolute Gasteiger partial charge is 0.197 e. The molecule has 6 N–H and O–H groups in total. The van der Waals surface area contributed by atoms with E-state index in [1.54, 1.807) is 0 Å². The minimum Gasteiger partial charge on any atom is -0.507 e. The molecule has 5 atom stereocenters. The number of aromatic hydroxyl groups is 3. The van der Waals surface area contributed by atoms with Crippen molar-refractivity contribution in [2.45, 2.75) is 37.4 Å². The van der Waals surface area contributed by atoms with Crippen molar-refractivity contribution in [3.8, 4) is 34.3 Å². The molecule has 1 saturated heterocycles. The van der Waals surface area contributed by atoms with Gasteiger partial charge in [-0.2, -0.15) is 0 Å². The van der Waals surface area contributed by atoms with Gasteiger partial charge in [0.15, 0.2) is 22.5 Å². The average molecular weight is 446 g/mol. The van der Waals surface area contributed by atoms with Crippen molar-refractivity contribution in [3.05, 3.63) is 46.1 Å². The molecule has 10 nitrogen and oxygen atoms in total. The molecular weight excluding hydrogens is 424 g/mol. The number of fused-ring (bicyclic) bond motifs is 1. The second-order valence-electron chi connectivity index (χ2n) is 7.63. The Labute approximate surface area is 181 Å². The summed E-state index contributed by atoms with van der Waals surface area (Å²) >= 11 is 0. The summed E-state index contributed by atoms with van der Waals surface area (Å²) in [6.45, 7) is 1.47. The van der Waals surface area contributed by atoms with Gasteiger partial charge in [0.1, 0.15) is 47.1 Å². The molecule has 0 aliphatic carbocycles. The number of phenols is 3. The molecule has 0 bridgehead atoms. The van der Waals surface area contributed by atoms with E-state index in [1.807, 2.05) is 0 Å². The second-order valence-corrected chi connectivity index (χ2v) is 7.63. The highest BCUT2D eigenvalue weighted by Gasteiger charge is 2.44. The van der Waals surface area contributed by atoms with Crippen molar-refractivity contribution in [2.75, 3.05) is 7.11 Å². The fraction of sp³-hybridized carbons (Fsp3) is 0.318. The second kappa shape index (κ2) is 7.99. The zero-order chi connectivity index (χ0) is 23.3. The number of rotatable bonds is 3. The Morgan fingerprint density at radius 2 is 1.62 bits per heavy atom. The quantitative estimate of drug-likeness (QED) is 0.343. The molecule has 0 spiro atoms. The SMILES string of the molecule is COc1cc(-c2cc(=O)c3c(O)cc(O)c([C@@H]4OC(C)[C@@H](O)[C@H](O)C4O)c3o2)ccc1O. The van der Waals surface area contributed by atoms with Crippen LogP contribution in [0.15, 0.2) is 39.5 Å². The van der Waals surface area contributed by atoms with E-state index in [4.69, 9.17) is 13.9 Å². The maximum atomic E-state index is 12.8. The topological polar surface area (TPSA) is 170 Å². The van der Waals surface area contributed by atoms with Crippen molar-refractivity contribution in [1.82, 2.24) is 0 Å². The van der Waals surface area contributed by atoms with Crippen LogP contribution in [0.5, 0.6) is 23.0 Å². The Balaban J connectivity index is 1.97. The van der Waals surface area contributed by atoms with Crippen molar-refractivity contribution in [1.29, 1.82) is 0 Å². The first-order valence-corrected chi connectivity index (χ1v) is 9.73. The third-order valence-corrected chi connectivity index (χ3v) is 5.60. The largest absolute Gasteiger partial charge is 0.507 e. The summed E-state index contributed by atoms with van der Waals surface area (Å²) in [7, 11) is 1.35. The van der Waals surface area contributed by atoms with E-state index in [1.165, 1.54) is 32.2 Å². The standard InChI is InChI=1S/C22H22O10/c1-8-18(27)19(28)20(29)22(31-8)17-12(25)6-11(24)16-13(26)7-14(32-21(16)17)9-3-4-10(23)15(5-9)30-2/h3-8,18-20,22-25,27-29H,1-2H3/t8?,18-,19+,20?,22+/m1/s1. The predicted octanol–water partition coefficient (Wildman–Crippen LogP) is 1.13. The third-order valence-electron chi connectivity index (χ3n) is 5.60. The van der Waals surface area contributed by atoms with Crippen molar-refractivity contribution in [2.24, 2.45) is 0 Å². The normalized spacial score (nSPS) is 25.7. The number of benzene rings is 2. The highest BCUT2D eigenvalue weighted by Crippen LogP contribution is 2.44. The lowest BCUT2D eigenvalue weighted by molar-refractivity contribution is -0.219. The summed E-state index contributed by atoms with van der Waals surface area (Å²) in [4.78, 5) is 12.8. The van der Waals surface area contributed by atoms with Crippen LogP contribution in [0, 0.1) is 0 Å². The van der Waals surface area contributed by atoms with Gasteiger partial charge in [-0.05, 0) is 25.1 Å². The minimum atomic E-state index is -1.66. The molecule has 10 heteroatoms. The van der Waals surface area contributed by atoms with Crippen molar-refractivity contribution >= 4 is 11.0 Å². The number of hydrogen-bond acceptors (Lipinski definition) is 10. The van der Waals surface area contributed by atoms with Crippen molar-refractivity contribution < 1.29 is 44.5 Å². The molecule has 0 amide bonds. The van der Waals surface area contributed by atoms with Crippen LogP contribution in [0.4, 0.5) is 0 Å². The number of methoxy groups -OCH3 is 1. The monoisotopic (exact) mass is 446 g/mol. The van der Waals surface area contributed by atoms with Crippen LogP contribution in [0.2, 0.25) is 0 Å². The molecule has 0 radical (unpaired) electrons. The molecule has 2 aromatic carbocycles. The highest BCUT2D eigenvalue weighted by molar-refractivity contribution is 5.89. The lowest BCUT2D eigenvalue weighted by atomic mass is 9.90. The Morgan fingerprint density at radius 3 is 2.31 bits per heavy atom. The highest BCUT2D eigenvalue weighted by atomic mass is 16.5. The average Bonchev–Trinajstić information content (AvgIpc) is 2.75. The molecule has 3 aromatic rings. The van der Waals surface area contributed by atoms with Gasteiger partial charge in [-0.3, -0.25) is 4.79 Å². The lowest BCUT2D eigenvalue weighted by Gasteiger charge is -2.39. The van der Waals surface area contributed by atoms with Gasteiger partial charge in [0.05, 0.1) is 18.8 Å². The van der Waals surface area contributed by atoms with E-state index in [0.717, 1.165) is 12.1 Å². The summed E-state index contributed by atoms with van der Waals surface area (Å²) in [5.74, 6) is -1.08. The Bertz CT molecular complexity index is 1230. The zero-order valence-electron chi connectivity index (χ0n) is 17.1. The first-order chi connectivity index (χ1) is 15.1. The molecular formula is C22H22O10. The molecule has 2 heterocycles. The van der Waals surface area contributed by atoms with Gasteiger partial charge in [0.2, 0.25) is 0 Å². The summed E-state index contributed by atoms with van der Waals surface area (Å²) < 4.78 is 16.6. The van der Waals surface area contributed by atoms with Crippen LogP contribution in [0.25, 0.3) is 22.3 Å². The molecule has 2 unspecified atom stereocenters. The van der Waals surface area contributed by atoms with Crippen LogP contribution in [-0.4, -0.2) is 62.2 Å². The fourth-order valence-electron chi connectivity index (χ4n) is 3.86. The maximum Gasteiger partial charge on any atom is 0.197 e. The van der Waals surface area contributed by atoms with Crippen LogP contribution in [-0.2, 0) is 4.74 Å². The van der Waals surface area contributed by atoms with E-state index in [0.29, 0.717) is 5.56 Å². The number of aliphatic hydroxyl groups excluding tert-OH is 3. The van der Waals surface area contributed by atoms with Crippen LogP contribution >= 0.6 is 0 Å².